The van der Waals surface area contributed by atoms with Gasteiger partial charge < -0.3 is 4.90 Å². The van der Waals surface area contributed by atoms with Gasteiger partial charge in [0, 0.05) is 24.5 Å². The second-order valence-corrected chi connectivity index (χ2v) is 6.34. The summed E-state index contributed by atoms with van der Waals surface area (Å²) in [5.41, 5.74) is 4.20. The Morgan fingerprint density at radius 3 is 2.50 bits per heavy atom. The molecule has 0 fully saturated rings. The number of anilines is 1. The van der Waals surface area contributed by atoms with Crippen LogP contribution in [0.25, 0.3) is 6.08 Å². The molecule has 2 nitrogen and oxygen atoms in total. The maximum absolute atomic E-state index is 6.08. The summed E-state index contributed by atoms with van der Waals surface area (Å²) in [5, 5.41) is 1.11. The van der Waals surface area contributed by atoms with Gasteiger partial charge >= 0.3 is 0 Å². The van der Waals surface area contributed by atoms with Gasteiger partial charge in [-0.15, -0.1) is 24.8 Å². The minimum Gasteiger partial charge on any atom is -0.346 e. The zero-order valence-corrected chi connectivity index (χ0v) is 17.4. The summed E-state index contributed by atoms with van der Waals surface area (Å²) in [7, 11) is 0. The smallest absolute Gasteiger partial charge is 0.0723 e. The monoisotopic (exact) mass is 428 g/mol. The van der Waals surface area contributed by atoms with Crippen LogP contribution in [0.3, 0.4) is 0 Å². The third kappa shape index (κ3) is 5.28. The average molecular weight is 430 g/mol. The highest BCUT2D eigenvalue weighted by molar-refractivity contribution is 6.42. The highest BCUT2D eigenvalue weighted by Crippen LogP contribution is 2.26. The number of fused-ring (bicyclic) bond motifs is 1. The van der Waals surface area contributed by atoms with E-state index in [-0.39, 0.29) is 24.8 Å². The largest absolute Gasteiger partial charge is 0.346 e. The Morgan fingerprint density at radius 1 is 1.00 bits per heavy atom. The summed E-state index contributed by atoms with van der Waals surface area (Å²) in [6.07, 6.45) is 8.97. The Hall–Kier alpha value is -1.45. The van der Waals surface area contributed by atoms with Crippen molar-refractivity contribution in [1.29, 1.82) is 0 Å². The molecule has 0 saturated heterocycles. The molecule has 0 unspecified atom stereocenters. The van der Waals surface area contributed by atoms with E-state index in [0.29, 0.717) is 10.0 Å². The predicted molar refractivity (Wildman–Crippen MR) is 120 cm³/mol. The summed E-state index contributed by atoms with van der Waals surface area (Å²) in [6.45, 7) is 3.14. The lowest BCUT2D eigenvalue weighted by atomic mass is 10.1. The van der Waals surface area contributed by atoms with Gasteiger partial charge in [-0.1, -0.05) is 60.5 Å². The van der Waals surface area contributed by atoms with Crippen molar-refractivity contribution < 1.29 is 0 Å². The lowest BCUT2D eigenvalue weighted by Gasteiger charge is -2.21. The Morgan fingerprint density at radius 2 is 1.77 bits per heavy atom. The fourth-order valence-corrected chi connectivity index (χ4v) is 2.95. The number of hydrogen-bond donors (Lipinski definition) is 0. The van der Waals surface area contributed by atoms with Crippen LogP contribution in [-0.4, -0.2) is 12.3 Å². The summed E-state index contributed by atoms with van der Waals surface area (Å²) >= 11 is 12.1. The Bertz CT molecular complexity index is 828. The SMILES string of the molecule is CCCN1C=CN=C(C=Cc2ccc(Cl)c(Cl)c2)c2ccccc21.Cl.Cl. The number of nitrogens with zero attached hydrogens (tertiary/aromatic N) is 2. The number of hydrogen-bond acceptors (Lipinski definition) is 2. The first-order valence-corrected chi connectivity index (χ1v) is 8.68. The number of para-hydroxylation sites is 1. The zero-order valence-electron chi connectivity index (χ0n) is 14.2. The molecule has 0 amide bonds. The molecule has 0 bridgehead atoms. The highest BCUT2D eigenvalue weighted by Gasteiger charge is 2.13. The van der Waals surface area contributed by atoms with E-state index in [2.05, 4.69) is 35.0 Å². The molecule has 1 heterocycles. The van der Waals surface area contributed by atoms with Crippen molar-refractivity contribution in [2.75, 3.05) is 11.4 Å². The number of rotatable bonds is 4. The van der Waals surface area contributed by atoms with E-state index in [1.165, 1.54) is 5.69 Å². The topological polar surface area (TPSA) is 15.6 Å². The number of benzene rings is 2. The molecule has 2 aromatic carbocycles. The molecule has 6 heteroatoms. The van der Waals surface area contributed by atoms with E-state index < -0.39 is 0 Å². The van der Waals surface area contributed by atoms with Gasteiger partial charge in [0.2, 0.25) is 0 Å². The van der Waals surface area contributed by atoms with Crippen molar-refractivity contribution in [3.63, 3.8) is 0 Å². The minimum atomic E-state index is 0. The second kappa shape index (κ2) is 10.6. The Kier molecular flexibility index (Phi) is 9.24. The first kappa shape index (κ1) is 22.6. The van der Waals surface area contributed by atoms with Gasteiger partial charge in [-0.05, 0) is 36.3 Å². The Labute approximate surface area is 177 Å². The third-order valence-corrected chi connectivity index (χ3v) is 4.53. The Balaban J connectivity index is 0.00000169. The fraction of sp³-hybridized carbons (Fsp3) is 0.150. The molecule has 0 saturated carbocycles. The van der Waals surface area contributed by atoms with E-state index in [9.17, 15) is 0 Å². The van der Waals surface area contributed by atoms with Crippen LogP contribution < -0.4 is 4.90 Å². The summed E-state index contributed by atoms with van der Waals surface area (Å²) < 4.78 is 0. The molecule has 0 atom stereocenters. The molecule has 3 rings (SSSR count). The minimum absolute atomic E-state index is 0. The first-order valence-electron chi connectivity index (χ1n) is 7.92. The first-order chi connectivity index (χ1) is 11.7. The highest BCUT2D eigenvalue weighted by atomic mass is 35.5. The van der Waals surface area contributed by atoms with Crippen LogP contribution in [0.5, 0.6) is 0 Å². The number of halogens is 4. The van der Waals surface area contributed by atoms with Crippen molar-refractivity contribution in [3.05, 3.63) is 82.1 Å². The summed E-state index contributed by atoms with van der Waals surface area (Å²) in [5.74, 6) is 0. The molecule has 26 heavy (non-hydrogen) atoms. The van der Waals surface area contributed by atoms with Crippen LogP contribution in [0.2, 0.25) is 10.0 Å². The van der Waals surface area contributed by atoms with Gasteiger partial charge in [0.25, 0.3) is 0 Å². The quantitative estimate of drug-likeness (QED) is 0.508. The molecule has 0 N–H and O–H groups in total. The van der Waals surface area contributed by atoms with Gasteiger partial charge in [-0.3, -0.25) is 4.99 Å². The molecule has 138 valence electrons. The van der Waals surface area contributed by atoms with E-state index >= 15 is 0 Å². The van der Waals surface area contributed by atoms with Gasteiger partial charge in [0.05, 0.1) is 21.4 Å². The van der Waals surface area contributed by atoms with E-state index in [0.717, 1.165) is 29.8 Å². The van der Waals surface area contributed by atoms with E-state index in [4.69, 9.17) is 23.2 Å². The van der Waals surface area contributed by atoms with Crippen molar-refractivity contribution in [2.45, 2.75) is 13.3 Å². The molecule has 1 aliphatic rings. The summed E-state index contributed by atoms with van der Waals surface area (Å²) in [4.78, 5) is 6.84. The molecular formula is C20H20Cl4N2. The fourth-order valence-electron chi connectivity index (χ4n) is 2.64. The average Bonchev–Trinajstić information content (AvgIpc) is 2.76. The van der Waals surface area contributed by atoms with Gasteiger partial charge in [0.1, 0.15) is 0 Å². The molecule has 0 aromatic heterocycles. The molecule has 0 radical (unpaired) electrons. The maximum Gasteiger partial charge on any atom is 0.0723 e. The van der Waals surface area contributed by atoms with Gasteiger partial charge in [0.15, 0.2) is 0 Å². The molecular weight excluding hydrogens is 410 g/mol. The molecule has 1 aliphatic heterocycles. The molecule has 0 aliphatic carbocycles. The van der Waals surface area contributed by atoms with Crippen LogP contribution in [0.15, 0.2) is 65.9 Å². The van der Waals surface area contributed by atoms with Crippen molar-refractivity contribution in [1.82, 2.24) is 0 Å². The van der Waals surface area contributed by atoms with Gasteiger partial charge in [-0.2, -0.15) is 0 Å². The lowest BCUT2D eigenvalue weighted by Crippen LogP contribution is -2.18. The van der Waals surface area contributed by atoms with Crippen LogP contribution in [0, 0.1) is 0 Å². The second-order valence-electron chi connectivity index (χ2n) is 5.53. The van der Waals surface area contributed by atoms with Crippen molar-refractivity contribution in [2.24, 2.45) is 4.99 Å². The third-order valence-electron chi connectivity index (χ3n) is 3.79. The maximum atomic E-state index is 6.08. The van der Waals surface area contributed by atoms with Crippen molar-refractivity contribution in [3.8, 4) is 0 Å². The lowest BCUT2D eigenvalue weighted by molar-refractivity contribution is 0.879. The van der Waals surface area contributed by atoms with Crippen molar-refractivity contribution >= 4 is 65.5 Å². The zero-order chi connectivity index (χ0) is 16.9. The standard InChI is InChI=1S/C20H18Cl2N2.2ClH/c1-2-12-24-13-11-23-19(16-5-3-4-6-20(16)24)10-8-15-7-9-17(21)18(22)14-15;;/h3-11,13-14H,2,12H2,1H3;2*1H. The predicted octanol–water partition coefficient (Wildman–Crippen LogP) is 7.04. The van der Waals surface area contributed by atoms with Crippen LogP contribution >= 0.6 is 48.0 Å². The van der Waals surface area contributed by atoms with Crippen LogP contribution in [0.4, 0.5) is 5.69 Å². The van der Waals surface area contributed by atoms with E-state index in [1.807, 2.05) is 42.8 Å². The van der Waals surface area contributed by atoms with Gasteiger partial charge in [-0.25, -0.2) is 0 Å². The summed E-state index contributed by atoms with van der Waals surface area (Å²) in [6, 6.07) is 13.9. The number of allylic oxidation sites excluding steroid dienone is 1. The molecule has 0 spiro atoms. The van der Waals surface area contributed by atoms with Crippen LogP contribution in [0.1, 0.15) is 24.5 Å². The molecule has 2 aromatic rings. The normalized spacial score (nSPS) is 12.7. The van der Waals surface area contributed by atoms with E-state index in [1.54, 1.807) is 6.07 Å². The van der Waals surface area contributed by atoms with Crippen LogP contribution in [-0.2, 0) is 0 Å². The number of aliphatic imine (C=N–C) groups is 1.